The van der Waals surface area contributed by atoms with Gasteiger partial charge in [-0.25, -0.2) is 0 Å². The fraction of sp³-hybridized carbons (Fsp3) is 0.650. The second-order valence-corrected chi connectivity index (χ2v) is 6.96. The average molecular weight is 474 g/mol. The zero-order valence-corrected chi connectivity index (χ0v) is 18.8. The Kier molecular flexibility index (Phi) is 11.9. The third kappa shape index (κ3) is 8.68. The first-order valence-electron chi connectivity index (χ1n) is 9.41. The molecule has 2 rings (SSSR count). The van der Waals surface area contributed by atoms with Crippen molar-refractivity contribution >= 4 is 29.9 Å². The smallest absolute Gasteiger partial charge is 0.193 e. The number of aliphatic imine (C=N–C) groups is 1. The lowest BCUT2D eigenvalue weighted by Crippen LogP contribution is -2.42. The lowest BCUT2D eigenvalue weighted by Gasteiger charge is -2.27. The highest BCUT2D eigenvalue weighted by Crippen LogP contribution is 2.18. The Balaban J connectivity index is 0.00000338. The SMILES string of the molecule is CN=C(NCCN(C)Cc1ccccc1)N(C)CCC1CCOCC1.I. The topological polar surface area (TPSA) is 40.1 Å². The molecule has 0 bridgehead atoms. The Morgan fingerprint density at radius 1 is 1.15 bits per heavy atom. The molecule has 0 radical (unpaired) electrons. The summed E-state index contributed by atoms with van der Waals surface area (Å²) in [5.74, 6) is 1.78. The first kappa shape index (κ1) is 23.2. The van der Waals surface area contributed by atoms with Gasteiger partial charge in [0.2, 0.25) is 0 Å². The molecule has 0 atom stereocenters. The zero-order chi connectivity index (χ0) is 17.9. The van der Waals surface area contributed by atoms with Crippen LogP contribution in [0.4, 0.5) is 0 Å². The molecule has 148 valence electrons. The van der Waals surface area contributed by atoms with Gasteiger partial charge in [-0.1, -0.05) is 30.3 Å². The summed E-state index contributed by atoms with van der Waals surface area (Å²) in [6.45, 7) is 5.76. The highest BCUT2D eigenvalue weighted by atomic mass is 127. The van der Waals surface area contributed by atoms with Gasteiger partial charge >= 0.3 is 0 Å². The van der Waals surface area contributed by atoms with Crippen LogP contribution < -0.4 is 5.32 Å². The quantitative estimate of drug-likeness (QED) is 0.357. The number of nitrogens with zero attached hydrogens (tertiary/aromatic N) is 3. The van der Waals surface area contributed by atoms with E-state index in [0.29, 0.717) is 0 Å². The number of guanidine groups is 1. The predicted octanol–water partition coefficient (Wildman–Crippen LogP) is 3.06. The first-order valence-corrected chi connectivity index (χ1v) is 9.41. The molecule has 1 N–H and O–H groups in total. The van der Waals surface area contributed by atoms with Crippen molar-refractivity contribution in [3.8, 4) is 0 Å². The number of benzene rings is 1. The fourth-order valence-corrected chi connectivity index (χ4v) is 3.23. The van der Waals surface area contributed by atoms with Crippen molar-refractivity contribution in [2.75, 3.05) is 54.0 Å². The summed E-state index contributed by atoms with van der Waals surface area (Å²) >= 11 is 0. The van der Waals surface area contributed by atoms with Crippen LogP contribution >= 0.6 is 24.0 Å². The van der Waals surface area contributed by atoms with Gasteiger partial charge in [0, 0.05) is 53.5 Å². The summed E-state index contributed by atoms with van der Waals surface area (Å²) in [6.07, 6.45) is 3.61. The zero-order valence-electron chi connectivity index (χ0n) is 16.5. The minimum absolute atomic E-state index is 0. The van der Waals surface area contributed by atoms with Gasteiger partial charge in [0.1, 0.15) is 0 Å². The van der Waals surface area contributed by atoms with Crippen molar-refractivity contribution in [1.82, 2.24) is 15.1 Å². The van der Waals surface area contributed by atoms with Crippen LogP contribution in [0.15, 0.2) is 35.3 Å². The number of nitrogens with one attached hydrogen (secondary N) is 1. The molecular weight excluding hydrogens is 439 g/mol. The van der Waals surface area contributed by atoms with E-state index in [1.165, 1.54) is 24.8 Å². The summed E-state index contributed by atoms with van der Waals surface area (Å²) in [7, 11) is 6.15. The molecule has 1 saturated heterocycles. The van der Waals surface area contributed by atoms with E-state index >= 15 is 0 Å². The lowest BCUT2D eigenvalue weighted by molar-refractivity contribution is 0.0625. The van der Waals surface area contributed by atoms with Gasteiger partial charge < -0.3 is 19.9 Å². The maximum atomic E-state index is 5.44. The van der Waals surface area contributed by atoms with Crippen LogP contribution in [0.1, 0.15) is 24.8 Å². The molecule has 0 amide bonds. The van der Waals surface area contributed by atoms with Crippen molar-refractivity contribution in [1.29, 1.82) is 0 Å². The van der Waals surface area contributed by atoms with Crippen LogP contribution in [0.25, 0.3) is 0 Å². The molecule has 0 spiro atoms. The minimum atomic E-state index is 0. The second kappa shape index (κ2) is 13.3. The van der Waals surface area contributed by atoms with Crippen molar-refractivity contribution in [2.45, 2.75) is 25.8 Å². The summed E-state index contributed by atoms with van der Waals surface area (Å²) in [4.78, 5) is 8.99. The predicted molar refractivity (Wildman–Crippen MR) is 120 cm³/mol. The summed E-state index contributed by atoms with van der Waals surface area (Å²) in [5, 5.41) is 3.48. The molecule has 0 aliphatic carbocycles. The van der Waals surface area contributed by atoms with E-state index in [-0.39, 0.29) is 24.0 Å². The van der Waals surface area contributed by atoms with E-state index in [1.54, 1.807) is 0 Å². The Bertz CT molecular complexity index is 506. The van der Waals surface area contributed by atoms with E-state index < -0.39 is 0 Å². The Morgan fingerprint density at radius 3 is 2.50 bits per heavy atom. The van der Waals surface area contributed by atoms with Gasteiger partial charge in [0.25, 0.3) is 0 Å². The monoisotopic (exact) mass is 474 g/mol. The molecule has 0 unspecified atom stereocenters. The van der Waals surface area contributed by atoms with Crippen LogP contribution in [0.5, 0.6) is 0 Å². The summed E-state index contributed by atoms with van der Waals surface area (Å²) in [5.41, 5.74) is 1.35. The standard InChI is InChI=1S/C20H34N4O.HI/c1-21-20(24(3)13-9-18-10-15-25-16-11-18)22-12-14-23(2)17-19-7-5-4-6-8-19;/h4-8,18H,9-17H2,1-3H3,(H,21,22);1H. The summed E-state index contributed by atoms with van der Waals surface area (Å²) in [6, 6.07) is 10.6. The number of hydrogen-bond donors (Lipinski definition) is 1. The van der Waals surface area contributed by atoms with E-state index in [0.717, 1.165) is 51.3 Å². The van der Waals surface area contributed by atoms with Crippen LogP contribution in [0, 0.1) is 5.92 Å². The van der Waals surface area contributed by atoms with Gasteiger partial charge in [-0.2, -0.15) is 0 Å². The molecule has 0 aromatic heterocycles. The average Bonchev–Trinajstić information content (AvgIpc) is 2.65. The van der Waals surface area contributed by atoms with E-state index in [4.69, 9.17) is 4.74 Å². The Morgan fingerprint density at radius 2 is 1.85 bits per heavy atom. The lowest BCUT2D eigenvalue weighted by atomic mass is 9.96. The third-order valence-electron chi connectivity index (χ3n) is 4.86. The molecular formula is C20H35IN4O. The van der Waals surface area contributed by atoms with E-state index in [2.05, 4.69) is 64.5 Å². The van der Waals surface area contributed by atoms with Crippen molar-refractivity contribution in [3.63, 3.8) is 0 Å². The van der Waals surface area contributed by atoms with Gasteiger partial charge in [-0.05, 0) is 37.8 Å². The minimum Gasteiger partial charge on any atom is -0.381 e. The number of rotatable bonds is 8. The number of ether oxygens (including phenoxy) is 1. The molecule has 1 aromatic rings. The number of hydrogen-bond acceptors (Lipinski definition) is 3. The molecule has 26 heavy (non-hydrogen) atoms. The van der Waals surface area contributed by atoms with Gasteiger partial charge in [-0.3, -0.25) is 4.99 Å². The fourth-order valence-electron chi connectivity index (χ4n) is 3.23. The molecule has 1 aliphatic heterocycles. The maximum Gasteiger partial charge on any atom is 0.193 e. The van der Waals surface area contributed by atoms with Crippen molar-refractivity contribution in [3.05, 3.63) is 35.9 Å². The maximum absolute atomic E-state index is 5.44. The van der Waals surface area contributed by atoms with Crippen LogP contribution in [-0.4, -0.2) is 69.8 Å². The van der Waals surface area contributed by atoms with Crippen LogP contribution in [0.2, 0.25) is 0 Å². The molecule has 0 saturated carbocycles. The number of halogens is 1. The summed E-state index contributed by atoms with van der Waals surface area (Å²) < 4.78 is 5.44. The van der Waals surface area contributed by atoms with Gasteiger partial charge in [0.15, 0.2) is 5.96 Å². The number of likely N-dealkylation sites (N-methyl/N-ethyl adjacent to an activating group) is 1. The van der Waals surface area contributed by atoms with Crippen LogP contribution in [-0.2, 0) is 11.3 Å². The second-order valence-electron chi connectivity index (χ2n) is 6.96. The molecule has 6 heteroatoms. The molecule has 5 nitrogen and oxygen atoms in total. The highest BCUT2D eigenvalue weighted by molar-refractivity contribution is 14.0. The molecule has 1 aromatic carbocycles. The molecule has 1 aliphatic rings. The highest BCUT2D eigenvalue weighted by Gasteiger charge is 2.15. The Labute approximate surface area is 176 Å². The molecule has 1 fully saturated rings. The largest absolute Gasteiger partial charge is 0.381 e. The molecule has 1 heterocycles. The van der Waals surface area contributed by atoms with E-state index in [1.807, 2.05) is 7.05 Å². The van der Waals surface area contributed by atoms with Crippen molar-refractivity contribution in [2.24, 2.45) is 10.9 Å². The van der Waals surface area contributed by atoms with E-state index in [9.17, 15) is 0 Å². The van der Waals surface area contributed by atoms with Crippen molar-refractivity contribution < 1.29 is 4.74 Å². The normalized spacial score (nSPS) is 15.6. The first-order chi connectivity index (χ1) is 12.2. The Hall–Kier alpha value is -0.860. The van der Waals surface area contributed by atoms with Gasteiger partial charge in [0.05, 0.1) is 0 Å². The van der Waals surface area contributed by atoms with Crippen LogP contribution in [0.3, 0.4) is 0 Å². The third-order valence-corrected chi connectivity index (χ3v) is 4.86. The van der Waals surface area contributed by atoms with Gasteiger partial charge in [-0.15, -0.1) is 24.0 Å².